The Labute approximate surface area is 128 Å². The van der Waals surface area contributed by atoms with Crippen molar-refractivity contribution in [1.82, 2.24) is 0 Å². The second-order valence-electron chi connectivity index (χ2n) is 4.01. The van der Waals surface area contributed by atoms with E-state index in [2.05, 4.69) is 33.2 Å². The van der Waals surface area contributed by atoms with Gasteiger partial charge in [-0.3, -0.25) is 4.79 Å². The van der Waals surface area contributed by atoms with Gasteiger partial charge in [-0.2, -0.15) is 0 Å². The molecule has 6 heteroatoms. The zero-order valence-electron chi connectivity index (χ0n) is 10.3. The summed E-state index contributed by atoms with van der Waals surface area (Å²) in [5.74, 6) is -1.50. The maximum absolute atomic E-state index is 13.3. The van der Waals surface area contributed by atoms with E-state index in [0.717, 1.165) is 21.8 Å². The molecule has 20 heavy (non-hydrogen) atoms. The van der Waals surface area contributed by atoms with E-state index in [4.69, 9.17) is 0 Å². The number of amides is 1. The topological polar surface area (TPSA) is 41.1 Å². The molecular weight excluding hydrogens is 377 g/mol. The molecule has 0 aliphatic carbocycles. The van der Waals surface area contributed by atoms with Crippen molar-refractivity contribution in [3.63, 3.8) is 0 Å². The van der Waals surface area contributed by atoms with Crippen LogP contribution < -0.4 is 10.6 Å². The van der Waals surface area contributed by atoms with E-state index in [0.29, 0.717) is 5.69 Å². The summed E-state index contributed by atoms with van der Waals surface area (Å²) in [7, 11) is 0. The molecule has 2 N–H and O–H groups in total. The Morgan fingerprint density at radius 3 is 2.60 bits per heavy atom. The Kier molecular flexibility index (Phi) is 4.89. The molecule has 2 aromatic rings. The predicted molar refractivity (Wildman–Crippen MR) is 82.6 cm³/mol. The molecule has 0 aliphatic rings. The normalized spacial score (nSPS) is 10.2. The molecule has 0 spiro atoms. The summed E-state index contributed by atoms with van der Waals surface area (Å²) in [5, 5.41) is 5.25. The molecule has 0 saturated heterocycles. The van der Waals surface area contributed by atoms with Crippen molar-refractivity contribution >= 4 is 39.9 Å². The highest BCUT2D eigenvalue weighted by Crippen LogP contribution is 2.17. The number of hydrogen-bond donors (Lipinski definition) is 2. The minimum absolute atomic E-state index is 0.0390. The lowest BCUT2D eigenvalue weighted by molar-refractivity contribution is -0.114. The van der Waals surface area contributed by atoms with Crippen molar-refractivity contribution in [2.24, 2.45) is 0 Å². The van der Waals surface area contributed by atoms with Crippen LogP contribution in [0.4, 0.5) is 20.2 Å². The molecule has 0 heterocycles. The van der Waals surface area contributed by atoms with E-state index in [-0.39, 0.29) is 18.1 Å². The largest absolute Gasteiger partial charge is 0.374 e. The zero-order valence-corrected chi connectivity index (χ0v) is 12.4. The van der Waals surface area contributed by atoms with Crippen molar-refractivity contribution in [3.8, 4) is 0 Å². The van der Waals surface area contributed by atoms with Crippen LogP contribution in [0, 0.1) is 15.2 Å². The van der Waals surface area contributed by atoms with Crippen molar-refractivity contribution in [3.05, 3.63) is 57.7 Å². The molecule has 0 fully saturated rings. The SMILES string of the molecule is O=C(CNc1cc(F)ccc1F)Nc1ccccc1I. The van der Waals surface area contributed by atoms with Gasteiger partial charge in [-0.15, -0.1) is 0 Å². The van der Waals surface area contributed by atoms with Gasteiger partial charge in [-0.05, 0) is 52.9 Å². The molecule has 0 radical (unpaired) electrons. The van der Waals surface area contributed by atoms with Crippen LogP contribution in [0.1, 0.15) is 0 Å². The Morgan fingerprint density at radius 1 is 1.10 bits per heavy atom. The fourth-order valence-corrected chi connectivity index (χ4v) is 2.09. The molecule has 2 rings (SSSR count). The second kappa shape index (κ2) is 6.65. The first-order chi connectivity index (χ1) is 9.56. The van der Waals surface area contributed by atoms with Crippen molar-refractivity contribution in [1.29, 1.82) is 0 Å². The van der Waals surface area contributed by atoms with Crippen LogP contribution in [0.15, 0.2) is 42.5 Å². The third kappa shape index (κ3) is 3.89. The number of carbonyl (C=O) groups excluding carboxylic acids is 1. The van der Waals surface area contributed by atoms with E-state index in [1.807, 2.05) is 12.1 Å². The van der Waals surface area contributed by atoms with E-state index in [1.165, 1.54) is 0 Å². The quantitative estimate of drug-likeness (QED) is 0.786. The molecule has 0 saturated carbocycles. The molecule has 104 valence electrons. The molecular formula is C14H11F2IN2O. The highest BCUT2D eigenvalue weighted by Gasteiger charge is 2.07. The second-order valence-corrected chi connectivity index (χ2v) is 5.17. The fraction of sp³-hybridized carbons (Fsp3) is 0.0714. The van der Waals surface area contributed by atoms with Crippen molar-refractivity contribution in [2.45, 2.75) is 0 Å². The van der Waals surface area contributed by atoms with Crippen LogP contribution in [0.3, 0.4) is 0 Å². The third-order valence-corrected chi connectivity index (χ3v) is 3.46. The summed E-state index contributed by atoms with van der Waals surface area (Å²) in [5.41, 5.74) is 0.641. The summed E-state index contributed by atoms with van der Waals surface area (Å²) in [6, 6.07) is 10.3. The maximum atomic E-state index is 13.3. The monoisotopic (exact) mass is 388 g/mol. The summed E-state index contributed by atoms with van der Waals surface area (Å²) in [6.45, 7) is -0.147. The average molecular weight is 388 g/mol. The molecule has 0 aliphatic heterocycles. The summed E-state index contributed by atoms with van der Waals surface area (Å²) >= 11 is 2.10. The molecule has 0 atom stereocenters. The highest BCUT2D eigenvalue weighted by molar-refractivity contribution is 14.1. The number of para-hydroxylation sites is 1. The molecule has 1 amide bonds. The average Bonchev–Trinajstić information content (AvgIpc) is 2.42. The van der Waals surface area contributed by atoms with Gasteiger partial charge in [0, 0.05) is 3.57 Å². The number of benzene rings is 2. The third-order valence-electron chi connectivity index (χ3n) is 2.52. The fourth-order valence-electron chi connectivity index (χ4n) is 1.57. The lowest BCUT2D eigenvalue weighted by Gasteiger charge is -2.09. The molecule has 0 aromatic heterocycles. The van der Waals surface area contributed by atoms with E-state index >= 15 is 0 Å². The number of rotatable bonds is 4. The molecule has 0 bridgehead atoms. The summed E-state index contributed by atoms with van der Waals surface area (Å²) in [6.07, 6.45) is 0. The van der Waals surface area contributed by atoms with Gasteiger partial charge in [0.25, 0.3) is 0 Å². The molecule has 0 unspecified atom stereocenters. The van der Waals surface area contributed by atoms with Gasteiger partial charge in [0.15, 0.2) is 0 Å². The van der Waals surface area contributed by atoms with Gasteiger partial charge < -0.3 is 10.6 Å². The van der Waals surface area contributed by atoms with Crippen LogP contribution in [0.2, 0.25) is 0 Å². The van der Waals surface area contributed by atoms with Gasteiger partial charge in [0.05, 0.1) is 17.9 Å². The van der Waals surface area contributed by atoms with Gasteiger partial charge >= 0.3 is 0 Å². The first-order valence-corrected chi connectivity index (χ1v) is 6.87. The Hall–Kier alpha value is -1.70. The number of halogens is 3. The minimum Gasteiger partial charge on any atom is -0.374 e. The minimum atomic E-state index is -0.603. The van der Waals surface area contributed by atoms with Gasteiger partial charge in [0.1, 0.15) is 11.6 Å². The van der Waals surface area contributed by atoms with Gasteiger partial charge in [-0.1, -0.05) is 12.1 Å². The lowest BCUT2D eigenvalue weighted by atomic mass is 10.3. The first kappa shape index (κ1) is 14.7. The van der Waals surface area contributed by atoms with Crippen LogP contribution in [-0.4, -0.2) is 12.5 Å². The standard InChI is InChI=1S/C14H11F2IN2O/c15-9-5-6-10(16)13(7-9)18-8-14(20)19-12-4-2-1-3-11(12)17/h1-7,18H,8H2,(H,19,20). The van der Waals surface area contributed by atoms with Crippen LogP contribution >= 0.6 is 22.6 Å². The Balaban J connectivity index is 1.96. The number of carbonyl (C=O) groups is 1. The maximum Gasteiger partial charge on any atom is 0.243 e. The van der Waals surface area contributed by atoms with Crippen LogP contribution in [-0.2, 0) is 4.79 Å². The number of hydrogen-bond acceptors (Lipinski definition) is 2. The molecule has 2 aromatic carbocycles. The lowest BCUT2D eigenvalue weighted by Crippen LogP contribution is -2.22. The smallest absolute Gasteiger partial charge is 0.243 e. The summed E-state index contributed by atoms with van der Waals surface area (Å²) in [4.78, 5) is 11.7. The Morgan fingerprint density at radius 2 is 1.85 bits per heavy atom. The van der Waals surface area contributed by atoms with E-state index in [9.17, 15) is 13.6 Å². The van der Waals surface area contributed by atoms with Gasteiger partial charge in [0.2, 0.25) is 5.91 Å². The predicted octanol–water partition coefficient (Wildman–Crippen LogP) is 3.62. The van der Waals surface area contributed by atoms with E-state index < -0.39 is 11.6 Å². The van der Waals surface area contributed by atoms with E-state index in [1.54, 1.807) is 12.1 Å². The van der Waals surface area contributed by atoms with Crippen molar-refractivity contribution < 1.29 is 13.6 Å². The zero-order chi connectivity index (χ0) is 14.5. The number of anilines is 2. The molecule has 3 nitrogen and oxygen atoms in total. The highest BCUT2D eigenvalue weighted by atomic mass is 127. The van der Waals surface area contributed by atoms with Crippen LogP contribution in [0.5, 0.6) is 0 Å². The number of nitrogens with one attached hydrogen (secondary N) is 2. The summed E-state index contributed by atoms with van der Waals surface area (Å²) < 4.78 is 27.2. The Bertz CT molecular complexity index is 634. The van der Waals surface area contributed by atoms with Crippen molar-refractivity contribution in [2.75, 3.05) is 17.2 Å². The van der Waals surface area contributed by atoms with Gasteiger partial charge in [-0.25, -0.2) is 8.78 Å². The van der Waals surface area contributed by atoms with Crippen LogP contribution in [0.25, 0.3) is 0 Å². The first-order valence-electron chi connectivity index (χ1n) is 5.79.